The van der Waals surface area contributed by atoms with E-state index in [9.17, 15) is 5.11 Å². The summed E-state index contributed by atoms with van der Waals surface area (Å²) in [4.78, 5) is 0. The SMILES string of the molecule is Cc1ccccc1[C@@H](O)C#CC#CCCc1ccccc1. The summed E-state index contributed by atoms with van der Waals surface area (Å²) in [5.41, 5.74) is 3.16. The molecule has 0 saturated heterocycles. The Bertz CT molecular complexity index is 693. The predicted octanol–water partition coefficient (Wildman–Crippen LogP) is 3.67. The average Bonchev–Trinajstić information content (AvgIpc) is 2.52. The molecular formula is C20H18O. The Morgan fingerprint density at radius 1 is 0.952 bits per heavy atom. The third-order valence-electron chi connectivity index (χ3n) is 3.22. The lowest BCUT2D eigenvalue weighted by Crippen LogP contribution is -1.96. The number of hydrogen-bond acceptors (Lipinski definition) is 1. The molecule has 104 valence electrons. The van der Waals surface area contributed by atoms with Crippen LogP contribution in [0, 0.1) is 30.6 Å². The van der Waals surface area contributed by atoms with Crippen LogP contribution in [0.25, 0.3) is 0 Å². The smallest absolute Gasteiger partial charge is 0.141 e. The van der Waals surface area contributed by atoms with Crippen LogP contribution in [-0.4, -0.2) is 5.11 Å². The molecule has 0 heterocycles. The van der Waals surface area contributed by atoms with Gasteiger partial charge in [-0.2, -0.15) is 0 Å². The third kappa shape index (κ3) is 4.84. The molecule has 2 aromatic carbocycles. The molecule has 0 bridgehead atoms. The summed E-state index contributed by atoms with van der Waals surface area (Å²) in [6.45, 7) is 1.96. The highest BCUT2D eigenvalue weighted by Gasteiger charge is 2.04. The van der Waals surface area contributed by atoms with Crippen LogP contribution in [0.2, 0.25) is 0 Å². The van der Waals surface area contributed by atoms with E-state index in [2.05, 4.69) is 35.8 Å². The number of hydrogen-bond donors (Lipinski definition) is 1. The maximum Gasteiger partial charge on any atom is 0.141 e. The molecule has 1 atom stereocenters. The van der Waals surface area contributed by atoms with Gasteiger partial charge in [0.05, 0.1) is 0 Å². The van der Waals surface area contributed by atoms with Crippen molar-refractivity contribution >= 4 is 0 Å². The van der Waals surface area contributed by atoms with Crippen molar-refractivity contribution in [2.75, 3.05) is 0 Å². The molecule has 0 saturated carbocycles. The number of rotatable bonds is 3. The molecular weight excluding hydrogens is 256 g/mol. The lowest BCUT2D eigenvalue weighted by atomic mass is 10.0. The molecule has 2 rings (SSSR count). The second-order valence-corrected chi connectivity index (χ2v) is 4.82. The second-order valence-electron chi connectivity index (χ2n) is 4.82. The minimum Gasteiger partial charge on any atom is -0.376 e. The molecule has 0 aliphatic rings. The minimum absolute atomic E-state index is 0.769. The van der Waals surface area contributed by atoms with Crippen LogP contribution in [0.4, 0.5) is 0 Å². The van der Waals surface area contributed by atoms with Gasteiger partial charge in [-0.15, -0.1) is 0 Å². The van der Waals surface area contributed by atoms with Gasteiger partial charge >= 0.3 is 0 Å². The van der Waals surface area contributed by atoms with Crippen molar-refractivity contribution in [3.05, 3.63) is 71.3 Å². The topological polar surface area (TPSA) is 20.2 Å². The Morgan fingerprint density at radius 3 is 2.43 bits per heavy atom. The maximum atomic E-state index is 9.99. The van der Waals surface area contributed by atoms with Crippen LogP contribution >= 0.6 is 0 Å². The lowest BCUT2D eigenvalue weighted by Gasteiger charge is -2.06. The Kier molecular flexibility index (Phi) is 5.65. The van der Waals surface area contributed by atoms with E-state index in [1.165, 1.54) is 5.56 Å². The Morgan fingerprint density at radius 2 is 1.67 bits per heavy atom. The van der Waals surface area contributed by atoms with E-state index < -0.39 is 6.10 Å². The van der Waals surface area contributed by atoms with E-state index in [4.69, 9.17) is 0 Å². The molecule has 2 aromatic rings. The van der Waals surface area contributed by atoms with Gasteiger partial charge in [0.25, 0.3) is 0 Å². The zero-order valence-corrected chi connectivity index (χ0v) is 12.1. The van der Waals surface area contributed by atoms with Crippen molar-refractivity contribution in [2.45, 2.75) is 25.9 Å². The van der Waals surface area contributed by atoms with Crippen molar-refractivity contribution < 1.29 is 5.11 Å². The molecule has 0 aliphatic heterocycles. The Labute approximate surface area is 126 Å². The van der Waals surface area contributed by atoms with E-state index in [0.29, 0.717) is 0 Å². The van der Waals surface area contributed by atoms with Gasteiger partial charge in [-0.05, 0) is 41.9 Å². The molecule has 0 amide bonds. The van der Waals surface area contributed by atoms with Gasteiger partial charge in [-0.25, -0.2) is 0 Å². The highest BCUT2D eigenvalue weighted by Crippen LogP contribution is 2.15. The van der Waals surface area contributed by atoms with Gasteiger partial charge in [0.2, 0.25) is 0 Å². The molecule has 0 aliphatic carbocycles. The summed E-state index contributed by atoms with van der Waals surface area (Å²) in [6, 6.07) is 17.9. The summed E-state index contributed by atoms with van der Waals surface area (Å²) in [6.07, 6.45) is 0.935. The quantitative estimate of drug-likeness (QED) is 0.847. The summed E-state index contributed by atoms with van der Waals surface area (Å²) < 4.78 is 0. The molecule has 1 heteroatoms. The fourth-order valence-electron chi connectivity index (χ4n) is 2.03. The molecule has 1 N–H and O–H groups in total. The summed E-state index contributed by atoms with van der Waals surface area (Å²) in [5.74, 6) is 11.3. The van der Waals surface area contributed by atoms with E-state index in [1.807, 2.05) is 49.4 Å². The normalized spacial score (nSPS) is 10.8. The van der Waals surface area contributed by atoms with Gasteiger partial charge in [-0.3, -0.25) is 0 Å². The average molecular weight is 274 g/mol. The first-order valence-electron chi connectivity index (χ1n) is 7.03. The van der Waals surface area contributed by atoms with Gasteiger partial charge in [-0.1, -0.05) is 66.4 Å². The van der Waals surface area contributed by atoms with Crippen LogP contribution < -0.4 is 0 Å². The van der Waals surface area contributed by atoms with Crippen LogP contribution in [0.15, 0.2) is 54.6 Å². The number of aliphatic hydroxyl groups excluding tert-OH is 1. The maximum absolute atomic E-state index is 9.99. The largest absolute Gasteiger partial charge is 0.376 e. The highest BCUT2D eigenvalue weighted by molar-refractivity contribution is 5.35. The standard InChI is InChI=1S/C20H18O/c1-17-11-9-10-15-19(17)20(21)16-8-3-2-5-12-18-13-6-4-7-14-18/h4,6-7,9-11,13-15,20-21H,5,12H2,1H3/t20-/m0/s1. The minimum atomic E-state index is -0.769. The summed E-state index contributed by atoms with van der Waals surface area (Å²) in [5, 5.41) is 9.99. The van der Waals surface area contributed by atoms with E-state index in [0.717, 1.165) is 24.0 Å². The van der Waals surface area contributed by atoms with E-state index >= 15 is 0 Å². The van der Waals surface area contributed by atoms with Gasteiger partial charge in [0.1, 0.15) is 6.10 Å². The molecule has 0 aromatic heterocycles. The van der Waals surface area contributed by atoms with Crippen LogP contribution in [-0.2, 0) is 6.42 Å². The van der Waals surface area contributed by atoms with E-state index in [-0.39, 0.29) is 0 Å². The zero-order valence-electron chi connectivity index (χ0n) is 12.1. The second kappa shape index (κ2) is 7.95. The number of benzene rings is 2. The van der Waals surface area contributed by atoms with Crippen LogP contribution in [0.3, 0.4) is 0 Å². The van der Waals surface area contributed by atoms with Crippen molar-refractivity contribution in [1.82, 2.24) is 0 Å². The van der Waals surface area contributed by atoms with Crippen LogP contribution in [0.5, 0.6) is 0 Å². The molecule has 0 spiro atoms. The highest BCUT2D eigenvalue weighted by atomic mass is 16.3. The fourth-order valence-corrected chi connectivity index (χ4v) is 2.03. The number of aryl methyl sites for hydroxylation is 2. The Balaban J connectivity index is 1.87. The monoisotopic (exact) mass is 274 g/mol. The fraction of sp³-hybridized carbons (Fsp3) is 0.200. The summed E-state index contributed by atoms with van der Waals surface area (Å²) >= 11 is 0. The predicted molar refractivity (Wildman–Crippen MR) is 86.5 cm³/mol. The first kappa shape index (κ1) is 14.9. The lowest BCUT2D eigenvalue weighted by molar-refractivity contribution is 0.237. The van der Waals surface area contributed by atoms with Gasteiger partial charge < -0.3 is 5.11 Å². The van der Waals surface area contributed by atoms with Crippen LogP contribution in [0.1, 0.15) is 29.2 Å². The molecule has 1 nitrogen and oxygen atoms in total. The van der Waals surface area contributed by atoms with Crippen molar-refractivity contribution in [3.8, 4) is 23.7 Å². The van der Waals surface area contributed by atoms with E-state index in [1.54, 1.807) is 0 Å². The summed E-state index contributed by atoms with van der Waals surface area (Å²) in [7, 11) is 0. The molecule has 0 radical (unpaired) electrons. The van der Waals surface area contributed by atoms with Gasteiger partial charge in [0, 0.05) is 6.42 Å². The molecule has 0 fully saturated rings. The third-order valence-corrected chi connectivity index (χ3v) is 3.22. The first-order chi connectivity index (χ1) is 10.3. The van der Waals surface area contributed by atoms with Crippen molar-refractivity contribution in [2.24, 2.45) is 0 Å². The zero-order chi connectivity index (χ0) is 14.9. The Hall–Kier alpha value is -2.48. The number of aliphatic hydroxyl groups is 1. The van der Waals surface area contributed by atoms with Gasteiger partial charge in [0.15, 0.2) is 0 Å². The molecule has 21 heavy (non-hydrogen) atoms. The molecule has 0 unspecified atom stereocenters. The van der Waals surface area contributed by atoms with Crippen molar-refractivity contribution in [1.29, 1.82) is 0 Å². The van der Waals surface area contributed by atoms with Crippen molar-refractivity contribution in [3.63, 3.8) is 0 Å². The first-order valence-corrected chi connectivity index (χ1v) is 7.03.